The Morgan fingerprint density at radius 2 is 1.97 bits per heavy atom. The number of halogens is 1. The van der Waals surface area contributed by atoms with Crippen molar-refractivity contribution in [2.45, 2.75) is 12.2 Å². The highest BCUT2D eigenvalue weighted by Gasteiger charge is 2.22. The molecule has 2 aromatic carbocycles. The number of nitro benzene ring substituents is 1. The molecular weight excluding hydrogens is 450 g/mol. The fourth-order valence-corrected chi connectivity index (χ4v) is 4.64. The van der Waals surface area contributed by atoms with Crippen molar-refractivity contribution >= 4 is 50.7 Å². The Labute approximate surface area is 184 Å². The van der Waals surface area contributed by atoms with Gasteiger partial charge in [-0.15, -0.1) is 0 Å². The predicted octanol–water partition coefficient (Wildman–Crippen LogP) is 3.45. The van der Waals surface area contributed by atoms with Gasteiger partial charge in [0.1, 0.15) is 6.54 Å². The highest BCUT2D eigenvalue weighted by atomic mass is 35.5. The molecule has 1 amide bonds. The maximum atomic E-state index is 12.2. The third-order valence-electron chi connectivity index (χ3n) is 4.02. The summed E-state index contributed by atoms with van der Waals surface area (Å²) in [7, 11) is -3.80. The molecule has 0 aromatic heterocycles. The van der Waals surface area contributed by atoms with Crippen LogP contribution in [0.4, 0.5) is 11.4 Å². The molecule has 2 rings (SSSR count). The normalized spacial score (nSPS) is 11.1. The van der Waals surface area contributed by atoms with Crippen molar-refractivity contribution in [2.75, 3.05) is 29.4 Å². The minimum absolute atomic E-state index is 0.0668. The largest absolute Gasteiger partial charge is 0.354 e. The molecule has 0 aliphatic rings. The second kappa shape index (κ2) is 11.2. The lowest BCUT2D eigenvalue weighted by molar-refractivity contribution is -0.384. The molecule has 0 saturated heterocycles. The van der Waals surface area contributed by atoms with Crippen molar-refractivity contribution in [2.24, 2.45) is 0 Å². The number of anilines is 1. The number of nitrogens with zero attached hydrogens (tertiary/aromatic N) is 2. The van der Waals surface area contributed by atoms with Crippen LogP contribution >= 0.6 is 23.4 Å². The number of nitrogens with one attached hydrogen (secondary N) is 1. The molecular formula is C19H22ClN3O5S2. The number of thioether (sulfide) groups is 1. The first-order valence-corrected chi connectivity index (χ1v) is 12.4. The minimum Gasteiger partial charge on any atom is -0.354 e. The molecule has 0 bridgehead atoms. The van der Waals surface area contributed by atoms with Crippen LogP contribution in [0.15, 0.2) is 48.5 Å². The fraction of sp³-hybridized carbons (Fsp3) is 0.316. The Bertz CT molecular complexity index is 1000. The smallest absolute Gasteiger partial charge is 0.271 e. The quantitative estimate of drug-likeness (QED) is 0.305. The molecule has 8 nitrogen and oxygen atoms in total. The number of nitro groups is 1. The van der Waals surface area contributed by atoms with Crippen LogP contribution in [0, 0.1) is 10.1 Å². The van der Waals surface area contributed by atoms with E-state index in [0.29, 0.717) is 13.0 Å². The Balaban J connectivity index is 1.83. The van der Waals surface area contributed by atoms with Crippen LogP contribution in [0.25, 0.3) is 0 Å². The molecule has 0 fully saturated rings. The van der Waals surface area contributed by atoms with Gasteiger partial charge in [-0.2, -0.15) is 11.8 Å². The third kappa shape index (κ3) is 7.51. The van der Waals surface area contributed by atoms with E-state index in [9.17, 15) is 23.3 Å². The van der Waals surface area contributed by atoms with E-state index < -0.39 is 27.4 Å². The first-order chi connectivity index (χ1) is 14.2. The van der Waals surface area contributed by atoms with Crippen molar-refractivity contribution in [3.63, 3.8) is 0 Å². The summed E-state index contributed by atoms with van der Waals surface area (Å²) >= 11 is 7.79. The van der Waals surface area contributed by atoms with Crippen LogP contribution in [0.5, 0.6) is 0 Å². The molecule has 11 heteroatoms. The van der Waals surface area contributed by atoms with Gasteiger partial charge in [0.2, 0.25) is 15.9 Å². The molecule has 0 aliphatic carbocycles. The van der Waals surface area contributed by atoms with Gasteiger partial charge < -0.3 is 5.32 Å². The van der Waals surface area contributed by atoms with Crippen molar-refractivity contribution in [3.8, 4) is 0 Å². The van der Waals surface area contributed by atoms with Gasteiger partial charge in [0.15, 0.2) is 0 Å². The van der Waals surface area contributed by atoms with Gasteiger partial charge in [-0.3, -0.25) is 19.2 Å². The van der Waals surface area contributed by atoms with Crippen LogP contribution in [-0.2, 0) is 20.6 Å². The Morgan fingerprint density at radius 3 is 2.63 bits per heavy atom. The standard InChI is InChI=1S/C19H22ClN3O5S2/c1-30(27,28)22(16-7-4-8-17(12-16)23(25)26)13-19(24)21-10-5-11-29-14-15-6-2-3-9-18(15)20/h2-4,6-9,12H,5,10-11,13-14H2,1H3,(H,21,24). The predicted molar refractivity (Wildman–Crippen MR) is 121 cm³/mol. The third-order valence-corrected chi connectivity index (χ3v) is 6.62. The van der Waals surface area contributed by atoms with Gasteiger partial charge in [0.05, 0.1) is 16.9 Å². The van der Waals surface area contributed by atoms with E-state index in [1.807, 2.05) is 24.3 Å². The highest BCUT2D eigenvalue weighted by Crippen LogP contribution is 2.23. The van der Waals surface area contributed by atoms with Crippen LogP contribution in [0.2, 0.25) is 5.02 Å². The second-order valence-corrected chi connectivity index (χ2v) is 9.81. The average molecular weight is 472 g/mol. The van der Waals surface area contributed by atoms with E-state index in [0.717, 1.165) is 38.7 Å². The van der Waals surface area contributed by atoms with Gasteiger partial charge in [-0.25, -0.2) is 8.42 Å². The first kappa shape index (κ1) is 24.0. The van der Waals surface area contributed by atoms with Gasteiger partial charge in [-0.1, -0.05) is 35.9 Å². The van der Waals surface area contributed by atoms with Gasteiger partial charge in [-0.05, 0) is 29.9 Å². The van der Waals surface area contributed by atoms with E-state index in [2.05, 4.69) is 5.32 Å². The minimum atomic E-state index is -3.80. The van der Waals surface area contributed by atoms with Crippen molar-refractivity contribution in [1.82, 2.24) is 5.32 Å². The van der Waals surface area contributed by atoms with Crippen molar-refractivity contribution in [1.29, 1.82) is 0 Å². The number of sulfonamides is 1. The van der Waals surface area contributed by atoms with Gasteiger partial charge in [0, 0.05) is 29.5 Å². The van der Waals surface area contributed by atoms with E-state index in [1.54, 1.807) is 11.8 Å². The summed E-state index contributed by atoms with van der Waals surface area (Å²) in [4.78, 5) is 22.5. The zero-order valence-electron chi connectivity index (χ0n) is 16.3. The monoisotopic (exact) mass is 471 g/mol. The Kier molecular flexibility index (Phi) is 8.94. The van der Waals surface area contributed by atoms with E-state index in [1.165, 1.54) is 18.2 Å². The van der Waals surface area contributed by atoms with Crippen LogP contribution in [0.3, 0.4) is 0 Å². The summed E-state index contributed by atoms with van der Waals surface area (Å²) in [5, 5.41) is 14.3. The molecule has 1 N–H and O–H groups in total. The summed E-state index contributed by atoms with van der Waals surface area (Å²) in [5.41, 5.74) is 0.864. The number of benzene rings is 2. The summed E-state index contributed by atoms with van der Waals surface area (Å²) in [6, 6.07) is 12.8. The molecule has 0 unspecified atom stereocenters. The number of amides is 1. The number of hydrogen-bond acceptors (Lipinski definition) is 6. The SMILES string of the molecule is CS(=O)(=O)N(CC(=O)NCCCSCc1ccccc1Cl)c1cccc([N+](=O)[O-])c1. The molecule has 0 aliphatic heterocycles. The van der Waals surface area contributed by atoms with Crippen LogP contribution < -0.4 is 9.62 Å². The topological polar surface area (TPSA) is 110 Å². The maximum absolute atomic E-state index is 12.2. The summed E-state index contributed by atoms with van der Waals surface area (Å²) in [6.45, 7) is -0.0618. The average Bonchev–Trinajstić information content (AvgIpc) is 2.69. The highest BCUT2D eigenvalue weighted by molar-refractivity contribution is 7.98. The first-order valence-electron chi connectivity index (χ1n) is 8.98. The zero-order chi connectivity index (χ0) is 22.1. The number of carbonyl (C=O) groups is 1. The molecule has 0 spiro atoms. The second-order valence-electron chi connectivity index (χ2n) is 6.39. The molecule has 0 radical (unpaired) electrons. The fourth-order valence-electron chi connectivity index (χ4n) is 2.55. The van der Waals surface area contributed by atoms with Crippen molar-refractivity contribution < 1.29 is 18.1 Å². The number of rotatable bonds is 11. The molecule has 0 saturated carbocycles. The zero-order valence-corrected chi connectivity index (χ0v) is 18.7. The summed E-state index contributed by atoms with van der Waals surface area (Å²) < 4.78 is 25.0. The lowest BCUT2D eigenvalue weighted by atomic mass is 10.2. The molecule has 0 atom stereocenters. The van der Waals surface area contributed by atoms with Crippen LogP contribution in [0.1, 0.15) is 12.0 Å². The summed E-state index contributed by atoms with van der Waals surface area (Å²) in [5.74, 6) is 1.08. The Hall–Kier alpha value is -2.30. The number of non-ortho nitro benzene ring substituents is 1. The molecule has 162 valence electrons. The van der Waals surface area contributed by atoms with Crippen LogP contribution in [-0.4, -0.2) is 44.3 Å². The lowest BCUT2D eigenvalue weighted by Crippen LogP contribution is -2.40. The summed E-state index contributed by atoms with van der Waals surface area (Å²) in [6.07, 6.45) is 1.65. The number of carbonyl (C=O) groups excluding carboxylic acids is 1. The van der Waals surface area contributed by atoms with E-state index >= 15 is 0 Å². The van der Waals surface area contributed by atoms with Gasteiger partial charge in [0.25, 0.3) is 5.69 Å². The molecule has 2 aromatic rings. The lowest BCUT2D eigenvalue weighted by Gasteiger charge is -2.21. The van der Waals surface area contributed by atoms with Crippen molar-refractivity contribution in [3.05, 3.63) is 69.2 Å². The maximum Gasteiger partial charge on any atom is 0.271 e. The Morgan fingerprint density at radius 1 is 1.23 bits per heavy atom. The number of hydrogen-bond donors (Lipinski definition) is 1. The van der Waals surface area contributed by atoms with E-state index in [-0.39, 0.29) is 11.4 Å². The van der Waals surface area contributed by atoms with E-state index in [4.69, 9.17) is 11.6 Å². The molecule has 0 heterocycles. The van der Waals surface area contributed by atoms with Gasteiger partial charge >= 0.3 is 0 Å². The molecule has 30 heavy (non-hydrogen) atoms.